The second-order valence-corrected chi connectivity index (χ2v) is 2.70. The maximum atomic E-state index is 10.6. The van der Waals surface area contributed by atoms with Crippen molar-refractivity contribution in [1.82, 2.24) is 14.5 Å². The molecule has 0 radical (unpaired) electrons. The van der Waals surface area contributed by atoms with E-state index in [4.69, 9.17) is 5.11 Å². The predicted molar refractivity (Wildman–Crippen MR) is 45.5 cm³/mol. The van der Waals surface area contributed by atoms with Gasteiger partial charge in [-0.15, -0.1) is 0 Å². The molecule has 0 saturated heterocycles. The summed E-state index contributed by atoms with van der Waals surface area (Å²) in [6, 6.07) is 3.09. The zero-order valence-corrected chi connectivity index (χ0v) is 6.93. The van der Waals surface area contributed by atoms with Crippen LogP contribution >= 0.6 is 0 Å². The average Bonchev–Trinajstić information content (AvgIpc) is 2.47. The van der Waals surface area contributed by atoms with Crippen LogP contribution in [0.25, 0.3) is 11.2 Å². The zero-order valence-electron chi connectivity index (χ0n) is 6.93. The molecular weight excluding hydrogens is 170 g/mol. The van der Waals surface area contributed by atoms with Crippen LogP contribution in [0.15, 0.2) is 18.5 Å². The highest BCUT2D eigenvalue weighted by atomic mass is 16.4. The molecule has 13 heavy (non-hydrogen) atoms. The molecule has 2 heterocycles. The number of rotatable bonds is 1. The van der Waals surface area contributed by atoms with Gasteiger partial charge in [-0.3, -0.25) is 0 Å². The Kier molecular flexibility index (Phi) is 1.51. The first kappa shape index (κ1) is 7.72. The first-order valence-corrected chi connectivity index (χ1v) is 3.70. The summed E-state index contributed by atoms with van der Waals surface area (Å²) in [6.07, 6.45) is 1.60. The van der Waals surface area contributed by atoms with Crippen molar-refractivity contribution in [1.29, 1.82) is 0 Å². The molecule has 0 aromatic carbocycles. The summed E-state index contributed by atoms with van der Waals surface area (Å²) < 4.78 is 1.68. The number of carbonyl (C=O) groups is 1. The normalized spacial score (nSPS) is 10.5. The van der Waals surface area contributed by atoms with E-state index in [0.29, 0.717) is 11.2 Å². The number of hydrogen-bond donors (Lipinski definition) is 1. The molecule has 66 valence electrons. The summed E-state index contributed by atoms with van der Waals surface area (Å²) in [4.78, 5) is 18.5. The predicted octanol–water partition coefficient (Wildman–Crippen LogP) is 0.666. The number of carboxylic acid groups (broad SMARTS) is 1. The summed E-state index contributed by atoms with van der Waals surface area (Å²) >= 11 is 0. The van der Waals surface area contributed by atoms with Crippen LogP contribution in [0, 0.1) is 0 Å². The zero-order chi connectivity index (χ0) is 9.42. The summed E-state index contributed by atoms with van der Waals surface area (Å²) in [7, 11) is 1.77. The Bertz CT molecular complexity index is 475. The van der Waals surface area contributed by atoms with Gasteiger partial charge in [0.25, 0.3) is 0 Å². The number of hydrogen-bond acceptors (Lipinski definition) is 3. The number of aromatic carboxylic acids is 1. The van der Waals surface area contributed by atoms with Crippen LogP contribution in [0.5, 0.6) is 0 Å². The Labute approximate surface area is 73.7 Å². The second kappa shape index (κ2) is 2.55. The van der Waals surface area contributed by atoms with Crippen molar-refractivity contribution >= 4 is 17.1 Å². The first-order valence-electron chi connectivity index (χ1n) is 3.70. The van der Waals surface area contributed by atoms with Crippen molar-refractivity contribution in [2.45, 2.75) is 0 Å². The molecule has 2 rings (SSSR count). The van der Waals surface area contributed by atoms with E-state index in [1.54, 1.807) is 24.0 Å². The third kappa shape index (κ3) is 1.14. The fourth-order valence-corrected chi connectivity index (χ4v) is 1.12. The fourth-order valence-electron chi connectivity index (χ4n) is 1.12. The molecule has 0 fully saturated rings. The van der Waals surface area contributed by atoms with Gasteiger partial charge >= 0.3 is 5.97 Å². The molecule has 0 saturated carbocycles. The number of imidazole rings is 1. The molecule has 2 aromatic heterocycles. The third-order valence-electron chi connectivity index (χ3n) is 1.78. The number of aromatic nitrogens is 3. The van der Waals surface area contributed by atoms with Crippen LogP contribution in [0.3, 0.4) is 0 Å². The molecule has 0 aliphatic rings. The van der Waals surface area contributed by atoms with Crippen LogP contribution < -0.4 is 0 Å². The monoisotopic (exact) mass is 177 g/mol. The van der Waals surface area contributed by atoms with Crippen molar-refractivity contribution in [2.75, 3.05) is 0 Å². The SMILES string of the molecule is Cn1cnc2ccc(C(=O)O)nc21. The van der Waals surface area contributed by atoms with Crippen molar-refractivity contribution in [3.05, 3.63) is 24.2 Å². The molecular formula is C8H7N3O2. The maximum Gasteiger partial charge on any atom is 0.354 e. The standard InChI is InChI=1S/C8H7N3O2/c1-11-4-9-5-2-3-6(8(12)13)10-7(5)11/h2-4H,1H3,(H,12,13). The Hall–Kier alpha value is -1.91. The van der Waals surface area contributed by atoms with Crippen LogP contribution in [0.1, 0.15) is 10.5 Å². The number of nitrogens with zero attached hydrogens (tertiary/aromatic N) is 3. The van der Waals surface area contributed by atoms with E-state index in [1.165, 1.54) is 6.07 Å². The van der Waals surface area contributed by atoms with Crippen molar-refractivity contribution in [3.63, 3.8) is 0 Å². The van der Waals surface area contributed by atoms with Gasteiger partial charge in [0.1, 0.15) is 5.52 Å². The van der Waals surface area contributed by atoms with Crippen LogP contribution in [-0.2, 0) is 7.05 Å². The Morgan fingerprint density at radius 2 is 2.31 bits per heavy atom. The van der Waals surface area contributed by atoms with Gasteiger partial charge < -0.3 is 9.67 Å². The van der Waals surface area contributed by atoms with Crippen LogP contribution in [0.4, 0.5) is 0 Å². The summed E-state index contributed by atoms with van der Waals surface area (Å²) in [5.74, 6) is -1.02. The quantitative estimate of drug-likeness (QED) is 0.695. The molecule has 0 spiro atoms. The van der Waals surface area contributed by atoms with Crippen LogP contribution in [-0.4, -0.2) is 25.6 Å². The summed E-state index contributed by atoms with van der Waals surface area (Å²) in [6.45, 7) is 0. The van der Waals surface area contributed by atoms with Gasteiger partial charge in [-0.25, -0.2) is 14.8 Å². The lowest BCUT2D eigenvalue weighted by Crippen LogP contribution is -2.00. The lowest BCUT2D eigenvalue weighted by atomic mass is 10.3. The summed E-state index contributed by atoms with van der Waals surface area (Å²) in [5.41, 5.74) is 1.32. The van der Waals surface area contributed by atoms with Gasteiger partial charge in [0.2, 0.25) is 0 Å². The van der Waals surface area contributed by atoms with Gasteiger partial charge in [-0.2, -0.15) is 0 Å². The number of aryl methyl sites for hydroxylation is 1. The Morgan fingerprint density at radius 3 is 3.00 bits per heavy atom. The first-order chi connectivity index (χ1) is 6.18. The minimum atomic E-state index is -1.02. The Morgan fingerprint density at radius 1 is 1.54 bits per heavy atom. The number of carboxylic acids is 1. The molecule has 0 aliphatic carbocycles. The van der Waals surface area contributed by atoms with Crippen LogP contribution in [0.2, 0.25) is 0 Å². The molecule has 0 aliphatic heterocycles. The van der Waals surface area contributed by atoms with E-state index in [9.17, 15) is 4.79 Å². The minimum Gasteiger partial charge on any atom is -0.477 e. The van der Waals surface area contributed by atoms with E-state index < -0.39 is 5.97 Å². The van der Waals surface area contributed by atoms with E-state index in [2.05, 4.69) is 9.97 Å². The lowest BCUT2D eigenvalue weighted by Gasteiger charge is -1.95. The van der Waals surface area contributed by atoms with Gasteiger partial charge in [0, 0.05) is 7.05 Å². The average molecular weight is 177 g/mol. The summed E-state index contributed by atoms with van der Waals surface area (Å²) in [5, 5.41) is 8.68. The van der Waals surface area contributed by atoms with E-state index in [0.717, 1.165) is 0 Å². The smallest absolute Gasteiger partial charge is 0.354 e. The molecule has 0 bridgehead atoms. The van der Waals surface area contributed by atoms with Gasteiger partial charge in [0.05, 0.1) is 6.33 Å². The number of pyridine rings is 1. The Balaban J connectivity index is 2.72. The minimum absolute atomic E-state index is 0.0381. The lowest BCUT2D eigenvalue weighted by molar-refractivity contribution is 0.0691. The van der Waals surface area contributed by atoms with E-state index >= 15 is 0 Å². The highest BCUT2D eigenvalue weighted by Gasteiger charge is 2.07. The number of fused-ring (bicyclic) bond motifs is 1. The molecule has 0 unspecified atom stereocenters. The molecule has 0 atom stereocenters. The molecule has 0 amide bonds. The molecule has 5 nitrogen and oxygen atoms in total. The molecule has 1 N–H and O–H groups in total. The van der Waals surface area contributed by atoms with Crippen molar-refractivity contribution in [2.24, 2.45) is 7.05 Å². The van der Waals surface area contributed by atoms with Crippen molar-refractivity contribution < 1.29 is 9.90 Å². The topological polar surface area (TPSA) is 68.0 Å². The van der Waals surface area contributed by atoms with Gasteiger partial charge in [-0.05, 0) is 12.1 Å². The molecule has 5 heteroatoms. The third-order valence-corrected chi connectivity index (χ3v) is 1.78. The largest absolute Gasteiger partial charge is 0.477 e. The van der Waals surface area contributed by atoms with E-state index in [1.807, 2.05) is 0 Å². The highest BCUT2D eigenvalue weighted by Crippen LogP contribution is 2.09. The maximum absolute atomic E-state index is 10.6. The highest BCUT2D eigenvalue weighted by molar-refractivity contribution is 5.88. The van der Waals surface area contributed by atoms with E-state index in [-0.39, 0.29) is 5.69 Å². The second-order valence-electron chi connectivity index (χ2n) is 2.70. The van der Waals surface area contributed by atoms with Gasteiger partial charge in [0.15, 0.2) is 11.3 Å². The fraction of sp³-hybridized carbons (Fsp3) is 0.125. The van der Waals surface area contributed by atoms with Crippen molar-refractivity contribution in [3.8, 4) is 0 Å². The van der Waals surface area contributed by atoms with Gasteiger partial charge in [-0.1, -0.05) is 0 Å². The molecule has 2 aromatic rings.